The monoisotopic (exact) mass is 300 g/mol. The lowest BCUT2D eigenvalue weighted by atomic mass is 9.99. The molecular weight excluding hydrogens is 280 g/mol. The van der Waals surface area contributed by atoms with E-state index in [1.807, 2.05) is 31.3 Å². The molecule has 1 aromatic heterocycles. The van der Waals surface area contributed by atoms with Crippen molar-refractivity contribution in [3.05, 3.63) is 36.0 Å². The fraction of sp³-hybridized carbons (Fsp3) is 0.412. The lowest BCUT2D eigenvalue weighted by Gasteiger charge is -2.15. The molecule has 1 aliphatic heterocycles. The van der Waals surface area contributed by atoms with E-state index in [1.54, 1.807) is 4.90 Å². The van der Waals surface area contributed by atoms with E-state index in [9.17, 15) is 9.59 Å². The Bertz CT molecular complexity index is 707. The maximum Gasteiger partial charge on any atom is 0.308 e. The number of aryl methyl sites for hydroxylation is 1. The van der Waals surface area contributed by atoms with E-state index in [4.69, 9.17) is 5.11 Å². The minimum Gasteiger partial charge on any atom is -0.481 e. The molecule has 5 nitrogen and oxygen atoms in total. The van der Waals surface area contributed by atoms with E-state index in [1.165, 1.54) is 0 Å². The Morgan fingerprint density at radius 3 is 2.86 bits per heavy atom. The minimum atomic E-state index is -0.805. The number of carbonyl (C=O) groups is 2. The number of H-pyrrole nitrogens is 1. The molecule has 0 saturated carbocycles. The first-order chi connectivity index (χ1) is 10.5. The van der Waals surface area contributed by atoms with Gasteiger partial charge in [0.15, 0.2) is 0 Å². The number of aromatic nitrogens is 1. The number of likely N-dealkylation sites (tertiary alicyclic amines) is 1. The number of nitrogens with zero attached hydrogens (tertiary/aromatic N) is 1. The van der Waals surface area contributed by atoms with Crippen molar-refractivity contribution >= 4 is 22.8 Å². The molecule has 1 fully saturated rings. The van der Waals surface area contributed by atoms with Crippen molar-refractivity contribution in [2.45, 2.75) is 19.8 Å². The third kappa shape index (κ3) is 2.84. The van der Waals surface area contributed by atoms with E-state index in [-0.39, 0.29) is 11.8 Å². The minimum absolute atomic E-state index is 0.0256. The topological polar surface area (TPSA) is 73.4 Å². The normalized spacial score (nSPS) is 21.4. The van der Waals surface area contributed by atoms with Crippen molar-refractivity contribution in [1.29, 1.82) is 0 Å². The van der Waals surface area contributed by atoms with Crippen LogP contribution in [0.15, 0.2) is 30.5 Å². The van der Waals surface area contributed by atoms with Crippen LogP contribution in [-0.2, 0) is 16.0 Å². The summed E-state index contributed by atoms with van der Waals surface area (Å²) >= 11 is 0. The molecule has 116 valence electrons. The highest BCUT2D eigenvalue weighted by Crippen LogP contribution is 2.24. The summed E-state index contributed by atoms with van der Waals surface area (Å²) in [6.45, 7) is 2.78. The van der Waals surface area contributed by atoms with Crippen LogP contribution in [0.5, 0.6) is 0 Å². The quantitative estimate of drug-likeness (QED) is 0.909. The van der Waals surface area contributed by atoms with Gasteiger partial charge in [0.05, 0.1) is 5.92 Å². The van der Waals surface area contributed by atoms with Gasteiger partial charge in [-0.05, 0) is 41.5 Å². The number of carbonyl (C=O) groups excluding carboxylic acids is 1. The van der Waals surface area contributed by atoms with Crippen LogP contribution in [0.4, 0.5) is 0 Å². The zero-order chi connectivity index (χ0) is 15.7. The van der Waals surface area contributed by atoms with E-state index in [2.05, 4.69) is 11.1 Å². The Labute approximate surface area is 128 Å². The van der Waals surface area contributed by atoms with Crippen molar-refractivity contribution in [3.63, 3.8) is 0 Å². The molecular formula is C17H20N2O3. The average molecular weight is 300 g/mol. The lowest BCUT2D eigenvalue weighted by Crippen LogP contribution is -2.30. The van der Waals surface area contributed by atoms with E-state index in [0.717, 1.165) is 16.5 Å². The van der Waals surface area contributed by atoms with Gasteiger partial charge in [0.25, 0.3) is 0 Å². The summed E-state index contributed by atoms with van der Waals surface area (Å²) < 4.78 is 0. The highest BCUT2D eigenvalue weighted by Gasteiger charge is 2.36. The van der Waals surface area contributed by atoms with Gasteiger partial charge >= 0.3 is 5.97 Å². The summed E-state index contributed by atoms with van der Waals surface area (Å²) in [7, 11) is 0. The number of rotatable bonds is 4. The molecule has 1 aromatic carbocycles. The number of nitrogens with one attached hydrogen (secondary N) is 1. The molecule has 1 amide bonds. The largest absolute Gasteiger partial charge is 0.481 e. The van der Waals surface area contributed by atoms with Gasteiger partial charge in [-0.15, -0.1) is 0 Å². The van der Waals surface area contributed by atoms with Crippen molar-refractivity contribution in [2.24, 2.45) is 11.8 Å². The number of aliphatic carboxylic acids is 1. The standard InChI is InChI=1S/C17H20N2O3/c1-11-9-19(10-14(11)17(21)22)16(20)5-3-12-2-4-15-13(8-12)6-7-18-15/h2,4,6-8,11,14,18H,3,5,9-10H2,1H3,(H,21,22)/t11-,14-/m1/s1. The Balaban J connectivity index is 1.59. The summed E-state index contributed by atoms with van der Waals surface area (Å²) in [4.78, 5) is 28.2. The van der Waals surface area contributed by atoms with Crippen LogP contribution in [0.1, 0.15) is 18.9 Å². The molecule has 3 rings (SSSR count). The zero-order valence-corrected chi connectivity index (χ0v) is 12.6. The van der Waals surface area contributed by atoms with Crippen molar-refractivity contribution in [2.75, 3.05) is 13.1 Å². The third-order valence-corrected chi connectivity index (χ3v) is 4.53. The molecule has 5 heteroatoms. The number of hydrogen-bond donors (Lipinski definition) is 2. The van der Waals surface area contributed by atoms with Crippen LogP contribution < -0.4 is 0 Å². The van der Waals surface area contributed by atoms with Gasteiger partial charge < -0.3 is 15.0 Å². The van der Waals surface area contributed by atoms with Gasteiger partial charge in [0.2, 0.25) is 5.91 Å². The second-order valence-electron chi connectivity index (χ2n) is 6.12. The Morgan fingerprint density at radius 1 is 1.32 bits per heavy atom. The van der Waals surface area contributed by atoms with Gasteiger partial charge in [-0.2, -0.15) is 0 Å². The second kappa shape index (κ2) is 5.83. The summed E-state index contributed by atoms with van der Waals surface area (Å²) in [6, 6.07) is 8.15. The van der Waals surface area contributed by atoms with Gasteiger partial charge in [-0.3, -0.25) is 9.59 Å². The number of aromatic amines is 1. The number of amides is 1. The van der Waals surface area contributed by atoms with Crippen LogP contribution in [0, 0.1) is 11.8 Å². The summed E-state index contributed by atoms with van der Waals surface area (Å²) in [5.74, 6) is -1.16. The first kappa shape index (κ1) is 14.6. The number of hydrogen-bond acceptors (Lipinski definition) is 2. The van der Waals surface area contributed by atoms with Gasteiger partial charge in [0.1, 0.15) is 0 Å². The highest BCUT2D eigenvalue weighted by molar-refractivity contribution is 5.81. The maximum atomic E-state index is 12.3. The first-order valence-electron chi connectivity index (χ1n) is 7.61. The number of carboxylic acid groups (broad SMARTS) is 1. The maximum absolute atomic E-state index is 12.3. The van der Waals surface area contributed by atoms with E-state index < -0.39 is 11.9 Å². The van der Waals surface area contributed by atoms with E-state index in [0.29, 0.717) is 25.9 Å². The van der Waals surface area contributed by atoms with Crippen LogP contribution in [0.2, 0.25) is 0 Å². The molecule has 2 N–H and O–H groups in total. The summed E-state index contributed by atoms with van der Waals surface area (Å²) in [6.07, 6.45) is 3.01. The second-order valence-corrected chi connectivity index (χ2v) is 6.12. The van der Waals surface area contributed by atoms with E-state index >= 15 is 0 Å². The molecule has 0 radical (unpaired) electrons. The van der Waals surface area contributed by atoms with Crippen molar-refractivity contribution in [3.8, 4) is 0 Å². The predicted molar refractivity (Wildman–Crippen MR) is 83.5 cm³/mol. The lowest BCUT2D eigenvalue weighted by molar-refractivity contribution is -0.142. The van der Waals surface area contributed by atoms with Gasteiger partial charge in [-0.25, -0.2) is 0 Å². The summed E-state index contributed by atoms with van der Waals surface area (Å²) in [5, 5.41) is 10.3. The first-order valence-corrected chi connectivity index (χ1v) is 7.61. The van der Waals surface area contributed by atoms with Crippen molar-refractivity contribution < 1.29 is 14.7 Å². The number of carboxylic acids is 1. The highest BCUT2D eigenvalue weighted by atomic mass is 16.4. The van der Waals surface area contributed by atoms with Crippen LogP contribution in [0.25, 0.3) is 10.9 Å². The Hall–Kier alpha value is -2.30. The average Bonchev–Trinajstić information content (AvgIpc) is 3.10. The molecule has 0 bridgehead atoms. The zero-order valence-electron chi connectivity index (χ0n) is 12.6. The van der Waals surface area contributed by atoms with Crippen LogP contribution >= 0.6 is 0 Å². The fourth-order valence-corrected chi connectivity index (χ4v) is 3.16. The van der Waals surface area contributed by atoms with Crippen molar-refractivity contribution in [1.82, 2.24) is 9.88 Å². The third-order valence-electron chi connectivity index (χ3n) is 4.53. The molecule has 0 spiro atoms. The molecule has 2 atom stereocenters. The smallest absolute Gasteiger partial charge is 0.308 e. The molecule has 0 unspecified atom stereocenters. The van der Waals surface area contributed by atoms with Crippen LogP contribution in [-0.4, -0.2) is 40.0 Å². The Morgan fingerprint density at radius 2 is 2.14 bits per heavy atom. The number of fused-ring (bicyclic) bond motifs is 1. The molecule has 1 saturated heterocycles. The predicted octanol–water partition coefficient (Wildman–Crippen LogP) is 2.28. The molecule has 2 aromatic rings. The number of benzene rings is 1. The molecule has 2 heterocycles. The van der Waals surface area contributed by atoms with Crippen LogP contribution in [0.3, 0.4) is 0 Å². The molecule has 0 aliphatic carbocycles. The SMILES string of the molecule is C[C@@H]1CN(C(=O)CCc2ccc3[nH]ccc3c2)C[C@H]1C(=O)O. The summed E-state index contributed by atoms with van der Waals surface area (Å²) in [5.41, 5.74) is 2.22. The molecule has 1 aliphatic rings. The Kier molecular flexibility index (Phi) is 3.88. The van der Waals surface area contributed by atoms with Gasteiger partial charge in [0, 0.05) is 31.2 Å². The fourth-order valence-electron chi connectivity index (χ4n) is 3.16. The molecule has 22 heavy (non-hydrogen) atoms. The van der Waals surface area contributed by atoms with Gasteiger partial charge in [-0.1, -0.05) is 13.0 Å².